The third-order valence-corrected chi connectivity index (χ3v) is 4.54. The molecule has 4 amide bonds. The number of urea groups is 1. The van der Waals surface area contributed by atoms with Crippen molar-refractivity contribution in [3.8, 4) is 5.75 Å². The average Bonchev–Trinajstić information content (AvgIpc) is 2.56. The van der Waals surface area contributed by atoms with Crippen LogP contribution in [-0.4, -0.2) is 23.0 Å². The molecule has 0 atom stereocenters. The van der Waals surface area contributed by atoms with Crippen molar-refractivity contribution in [3.63, 3.8) is 0 Å². The fourth-order valence-electron chi connectivity index (χ4n) is 2.37. The topological polar surface area (TPSA) is 86.7 Å². The summed E-state index contributed by atoms with van der Waals surface area (Å²) in [6.45, 7) is 1.89. The van der Waals surface area contributed by atoms with Gasteiger partial charge in [0.2, 0.25) is 0 Å². The molecule has 0 bridgehead atoms. The van der Waals surface area contributed by atoms with Crippen LogP contribution in [-0.2, 0) is 9.59 Å². The van der Waals surface area contributed by atoms with Crippen molar-refractivity contribution in [2.45, 2.75) is 6.92 Å². The summed E-state index contributed by atoms with van der Waals surface area (Å²) in [5.41, 5.74) is 1.78. The van der Waals surface area contributed by atoms with Crippen LogP contribution in [0.15, 0.2) is 48.0 Å². The molecule has 1 aliphatic heterocycles. The van der Waals surface area contributed by atoms with E-state index in [0.717, 1.165) is 10.5 Å². The van der Waals surface area contributed by atoms with Crippen LogP contribution >= 0.6 is 22.6 Å². The van der Waals surface area contributed by atoms with Gasteiger partial charge in [-0.2, -0.15) is 0 Å². The molecule has 1 aliphatic rings. The number of aryl methyl sites for hydroxylation is 1. The van der Waals surface area contributed by atoms with E-state index in [-0.39, 0.29) is 11.3 Å². The third-order valence-electron chi connectivity index (χ3n) is 3.68. The highest BCUT2D eigenvalue weighted by Crippen LogP contribution is 2.24. The minimum Gasteiger partial charge on any atom is -0.507 e. The molecule has 6 nitrogen and oxygen atoms in total. The molecular formula is C18H13IN2O4. The fraction of sp³-hybridized carbons (Fsp3) is 0.0556. The van der Waals surface area contributed by atoms with Crippen LogP contribution < -0.4 is 10.2 Å². The second-order valence-electron chi connectivity index (χ2n) is 5.50. The summed E-state index contributed by atoms with van der Waals surface area (Å²) in [5, 5.41) is 11.8. The number of aromatic hydroxyl groups is 1. The summed E-state index contributed by atoms with van der Waals surface area (Å²) in [4.78, 5) is 37.9. The Kier molecular flexibility index (Phi) is 4.58. The van der Waals surface area contributed by atoms with E-state index in [1.54, 1.807) is 36.4 Å². The number of nitrogens with one attached hydrogen (secondary N) is 1. The van der Waals surface area contributed by atoms with E-state index >= 15 is 0 Å². The van der Waals surface area contributed by atoms with Crippen molar-refractivity contribution in [1.29, 1.82) is 0 Å². The molecule has 0 radical (unpaired) electrons. The van der Waals surface area contributed by atoms with E-state index in [1.165, 1.54) is 12.1 Å². The minimum atomic E-state index is -0.781. The summed E-state index contributed by atoms with van der Waals surface area (Å²) in [6, 6.07) is 10.7. The van der Waals surface area contributed by atoms with Crippen molar-refractivity contribution in [2.24, 2.45) is 0 Å². The first kappa shape index (κ1) is 17.2. The monoisotopic (exact) mass is 448 g/mol. The molecule has 0 spiro atoms. The standard InChI is InChI=1S/C18H13IN2O4/c1-10-2-5-12(6-3-10)21-17(24)13(16(23)20-18(21)25)8-11-4-7-15(22)14(19)9-11/h2-9,22H,1H3,(H,20,23,25). The number of hydrogen-bond donors (Lipinski definition) is 2. The molecular weight excluding hydrogens is 435 g/mol. The van der Waals surface area contributed by atoms with Crippen molar-refractivity contribution < 1.29 is 19.5 Å². The molecule has 7 heteroatoms. The SMILES string of the molecule is Cc1ccc(N2C(=O)NC(=O)C(=Cc3ccc(O)c(I)c3)C2=O)cc1. The van der Waals surface area contributed by atoms with Crippen LogP contribution in [0.25, 0.3) is 6.08 Å². The maximum atomic E-state index is 12.7. The van der Waals surface area contributed by atoms with Crippen LogP contribution in [0.4, 0.5) is 10.5 Å². The first-order chi connectivity index (χ1) is 11.9. The van der Waals surface area contributed by atoms with Gasteiger partial charge in [-0.15, -0.1) is 0 Å². The van der Waals surface area contributed by atoms with Crippen molar-refractivity contribution in [3.05, 3.63) is 62.7 Å². The number of halogens is 1. The Morgan fingerprint density at radius 1 is 1.08 bits per heavy atom. The van der Waals surface area contributed by atoms with Crippen LogP contribution in [0.5, 0.6) is 5.75 Å². The molecule has 0 unspecified atom stereocenters. The molecule has 1 fully saturated rings. The highest BCUT2D eigenvalue weighted by atomic mass is 127. The molecule has 1 heterocycles. The zero-order chi connectivity index (χ0) is 18.1. The molecule has 2 aromatic rings. The number of hydrogen-bond acceptors (Lipinski definition) is 4. The van der Waals surface area contributed by atoms with Gasteiger partial charge in [0, 0.05) is 0 Å². The maximum absolute atomic E-state index is 12.7. The van der Waals surface area contributed by atoms with Gasteiger partial charge < -0.3 is 5.11 Å². The second-order valence-corrected chi connectivity index (χ2v) is 6.67. The number of phenols is 1. The normalized spacial score (nSPS) is 16.3. The molecule has 0 aliphatic carbocycles. The lowest BCUT2D eigenvalue weighted by atomic mass is 10.1. The highest BCUT2D eigenvalue weighted by molar-refractivity contribution is 14.1. The van der Waals surface area contributed by atoms with Gasteiger partial charge in [-0.3, -0.25) is 14.9 Å². The first-order valence-electron chi connectivity index (χ1n) is 7.33. The minimum absolute atomic E-state index is 0.110. The van der Waals surface area contributed by atoms with Crippen molar-refractivity contribution in [1.82, 2.24) is 5.32 Å². The van der Waals surface area contributed by atoms with E-state index in [9.17, 15) is 19.5 Å². The van der Waals surface area contributed by atoms with Gasteiger partial charge in [0.1, 0.15) is 11.3 Å². The van der Waals surface area contributed by atoms with Gasteiger partial charge in [0.15, 0.2) is 0 Å². The van der Waals surface area contributed by atoms with Gasteiger partial charge in [0.05, 0.1) is 9.26 Å². The largest absolute Gasteiger partial charge is 0.507 e. The van der Waals surface area contributed by atoms with Crippen LogP contribution in [0, 0.1) is 10.5 Å². The molecule has 0 saturated carbocycles. The highest BCUT2D eigenvalue weighted by Gasteiger charge is 2.36. The molecule has 126 valence electrons. The number of imide groups is 2. The third kappa shape index (κ3) is 3.41. The lowest BCUT2D eigenvalue weighted by Crippen LogP contribution is -2.54. The molecule has 3 rings (SSSR count). The van der Waals surface area contributed by atoms with Crippen LogP contribution in [0.3, 0.4) is 0 Å². The predicted molar refractivity (Wildman–Crippen MR) is 101 cm³/mol. The van der Waals surface area contributed by atoms with Crippen LogP contribution in [0.2, 0.25) is 0 Å². The van der Waals surface area contributed by atoms with Gasteiger partial charge in [-0.05, 0) is 65.4 Å². The van der Waals surface area contributed by atoms with Gasteiger partial charge >= 0.3 is 6.03 Å². The Hall–Kier alpha value is -2.68. The molecule has 1 saturated heterocycles. The second kappa shape index (κ2) is 6.67. The van der Waals surface area contributed by atoms with Crippen molar-refractivity contribution >= 4 is 52.2 Å². The number of barbiturate groups is 1. The van der Waals surface area contributed by atoms with E-state index in [1.807, 2.05) is 29.5 Å². The van der Waals surface area contributed by atoms with Gasteiger partial charge in [0.25, 0.3) is 11.8 Å². The number of rotatable bonds is 2. The van der Waals surface area contributed by atoms with Crippen LogP contribution in [0.1, 0.15) is 11.1 Å². The number of carbonyl (C=O) groups excluding carboxylic acids is 3. The Morgan fingerprint density at radius 3 is 2.40 bits per heavy atom. The summed E-state index contributed by atoms with van der Waals surface area (Å²) >= 11 is 1.95. The number of anilines is 1. The summed E-state index contributed by atoms with van der Waals surface area (Å²) in [5.74, 6) is -1.33. The number of amides is 4. The number of carbonyl (C=O) groups is 3. The molecule has 0 aromatic heterocycles. The maximum Gasteiger partial charge on any atom is 0.335 e. The molecule has 2 aromatic carbocycles. The smallest absolute Gasteiger partial charge is 0.335 e. The Labute approximate surface area is 157 Å². The number of nitrogens with zero attached hydrogens (tertiary/aromatic N) is 1. The van der Waals surface area contributed by atoms with E-state index in [0.29, 0.717) is 14.8 Å². The van der Waals surface area contributed by atoms with Gasteiger partial charge in [-0.25, -0.2) is 9.69 Å². The van der Waals surface area contributed by atoms with Crippen molar-refractivity contribution in [2.75, 3.05) is 4.90 Å². The van der Waals surface area contributed by atoms with E-state index in [4.69, 9.17) is 0 Å². The number of benzene rings is 2. The average molecular weight is 448 g/mol. The van der Waals surface area contributed by atoms with E-state index in [2.05, 4.69) is 5.32 Å². The Balaban J connectivity index is 2.01. The lowest BCUT2D eigenvalue weighted by molar-refractivity contribution is -0.122. The fourth-order valence-corrected chi connectivity index (χ4v) is 2.90. The first-order valence-corrected chi connectivity index (χ1v) is 8.41. The summed E-state index contributed by atoms with van der Waals surface area (Å²) < 4.78 is 0.585. The zero-order valence-electron chi connectivity index (χ0n) is 13.1. The molecule has 2 N–H and O–H groups in total. The lowest BCUT2D eigenvalue weighted by Gasteiger charge is -2.26. The zero-order valence-corrected chi connectivity index (χ0v) is 15.3. The van der Waals surface area contributed by atoms with Gasteiger partial charge in [-0.1, -0.05) is 23.8 Å². The Bertz CT molecular complexity index is 919. The Morgan fingerprint density at radius 2 is 1.76 bits per heavy atom. The number of phenolic OH excluding ortho intramolecular Hbond substituents is 1. The quantitative estimate of drug-likeness (QED) is 0.420. The van der Waals surface area contributed by atoms with E-state index < -0.39 is 17.8 Å². The summed E-state index contributed by atoms with van der Waals surface area (Å²) in [7, 11) is 0. The molecule has 25 heavy (non-hydrogen) atoms. The predicted octanol–water partition coefficient (Wildman–Crippen LogP) is 2.97. The summed E-state index contributed by atoms with van der Waals surface area (Å²) in [6.07, 6.45) is 1.40.